The molecule has 0 saturated heterocycles. The lowest BCUT2D eigenvalue weighted by Gasteiger charge is -2.21. The Kier molecular flexibility index (Phi) is 8.23. The average molecular weight is 557 g/mol. The molecule has 3 aromatic carbocycles. The molecule has 10 heteroatoms. The van der Waals surface area contributed by atoms with Crippen LogP contribution in [0.15, 0.2) is 109 Å². The van der Waals surface area contributed by atoms with Crippen molar-refractivity contribution in [2.45, 2.75) is 25.3 Å². The summed E-state index contributed by atoms with van der Waals surface area (Å²) in [4.78, 5) is 17.5. The SMILES string of the molecule is NCc1cccc(-n2nc(C(F)(F)F)cc2C(=O)Nc2cccc(C(NCc3cccnc3)c3ccccc3)c2)c1. The van der Waals surface area contributed by atoms with E-state index in [4.69, 9.17) is 5.73 Å². The van der Waals surface area contributed by atoms with Crippen molar-refractivity contribution in [1.82, 2.24) is 20.1 Å². The number of hydrogen-bond acceptors (Lipinski definition) is 5. The third-order valence-electron chi connectivity index (χ3n) is 6.47. The summed E-state index contributed by atoms with van der Waals surface area (Å²) in [6.07, 6.45) is -1.23. The Bertz CT molecular complexity index is 1620. The van der Waals surface area contributed by atoms with Crippen LogP contribution in [-0.4, -0.2) is 20.7 Å². The molecule has 1 atom stereocenters. The molecule has 2 heterocycles. The van der Waals surface area contributed by atoms with Gasteiger partial charge in [0.2, 0.25) is 0 Å². The minimum Gasteiger partial charge on any atom is -0.326 e. The number of carbonyl (C=O) groups is 1. The Morgan fingerprint density at radius 3 is 2.37 bits per heavy atom. The van der Waals surface area contributed by atoms with E-state index in [0.717, 1.165) is 27.4 Å². The van der Waals surface area contributed by atoms with Gasteiger partial charge in [-0.2, -0.15) is 18.3 Å². The molecular weight excluding hydrogens is 529 g/mol. The molecule has 0 fully saturated rings. The molecule has 1 amide bonds. The molecule has 0 aliphatic rings. The molecular formula is C31H27F3N6O. The van der Waals surface area contributed by atoms with Gasteiger partial charge in [0.1, 0.15) is 5.69 Å². The highest BCUT2D eigenvalue weighted by atomic mass is 19.4. The summed E-state index contributed by atoms with van der Waals surface area (Å²) in [5.41, 5.74) is 8.57. The zero-order chi connectivity index (χ0) is 28.8. The van der Waals surface area contributed by atoms with Crippen LogP contribution in [0.25, 0.3) is 5.69 Å². The number of alkyl halides is 3. The third-order valence-corrected chi connectivity index (χ3v) is 6.47. The van der Waals surface area contributed by atoms with Crippen molar-refractivity contribution in [2.24, 2.45) is 5.73 Å². The molecule has 208 valence electrons. The zero-order valence-corrected chi connectivity index (χ0v) is 21.8. The van der Waals surface area contributed by atoms with E-state index < -0.39 is 17.8 Å². The minimum atomic E-state index is -4.73. The number of anilines is 1. The number of pyridine rings is 1. The third kappa shape index (κ3) is 6.68. The van der Waals surface area contributed by atoms with Crippen molar-refractivity contribution in [2.75, 3.05) is 5.32 Å². The van der Waals surface area contributed by atoms with E-state index in [1.54, 1.807) is 54.9 Å². The summed E-state index contributed by atoms with van der Waals surface area (Å²) in [6.45, 7) is 0.734. The fourth-order valence-electron chi connectivity index (χ4n) is 4.48. The van der Waals surface area contributed by atoms with Crippen molar-refractivity contribution in [3.05, 3.63) is 143 Å². The Morgan fingerprint density at radius 1 is 0.878 bits per heavy atom. The number of rotatable bonds is 9. The van der Waals surface area contributed by atoms with E-state index in [9.17, 15) is 18.0 Å². The lowest BCUT2D eigenvalue weighted by molar-refractivity contribution is -0.141. The Labute approximate surface area is 234 Å². The van der Waals surface area contributed by atoms with Gasteiger partial charge in [-0.05, 0) is 52.6 Å². The van der Waals surface area contributed by atoms with E-state index >= 15 is 0 Å². The molecule has 4 N–H and O–H groups in total. The fourth-order valence-corrected chi connectivity index (χ4v) is 4.48. The summed E-state index contributed by atoms with van der Waals surface area (Å²) in [5, 5.41) is 10.00. The predicted molar refractivity (Wildman–Crippen MR) is 150 cm³/mol. The number of aromatic nitrogens is 3. The van der Waals surface area contributed by atoms with Crippen LogP contribution in [0.5, 0.6) is 0 Å². The van der Waals surface area contributed by atoms with Gasteiger partial charge in [0, 0.05) is 37.2 Å². The second-order valence-electron chi connectivity index (χ2n) is 9.36. The van der Waals surface area contributed by atoms with Gasteiger partial charge in [-0.15, -0.1) is 0 Å². The monoisotopic (exact) mass is 556 g/mol. The number of nitrogens with two attached hydrogens (primary N) is 1. The van der Waals surface area contributed by atoms with Crippen molar-refractivity contribution in [1.29, 1.82) is 0 Å². The van der Waals surface area contributed by atoms with Gasteiger partial charge in [-0.1, -0.05) is 60.7 Å². The Morgan fingerprint density at radius 2 is 1.63 bits per heavy atom. The van der Waals surface area contributed by atoms with Gasteiger partial charge in [-0.3, -0.25) is 9.78 Å². The van der Waals surface area contributed by atoms with Crippen molar-refractivity contribution >= 4 is 11.6 Å². The first-order chi connectivity index (χ1) is 19.8. The number of nitrogens with zero attached hydrogens (tertiary/aromatic N) is 3. The van der Waals surface area contributed by atoms with Crippen molar-refractivity contribution in [3.8, 4) is 5.69 Å². The predicted octanol–water partition coefficient (Wildman–Crippen LogP) is 5.88. The maximum atomic E-state index is 13.6. The maximum absolute atomic E-state index is 13.6. The summed E-state index contributed by atoms with van der Waals surface area (Å²) in [7, 11) is 0. The van der Waals surface area contributed by atoms with Crippen LogP contribution in [0.3, 0.4) is 0 Å². The van der Waals surface area contributed by atoms with Crippen LogP contribution in [0.1, 0.15) is 44.5 Å². The first-order valence-electron chi connectivity index (χ1n) is 12.9. The topological polar surface area (TPSA) is 97.9 Å². The molecule has 1 unspecified atom stereocenters. The highest BCUT2D eigenvalue weighted by Crippen LogP contribution is 2.30. The van der Waals surface area contributed by atoms with E-state index in [1.807, 2.05) is 48.5 Å². The van der Waals surface area contributed by atoms with Crippen LogP contribution >= 0.6 is 0 Å². The fraction of sp³-hybridized carbons (Fsp3) is 0.129. The van der Waals surface area contributed by atoms with Gasteiger partial charge in [-0.25, -0.2) is 4.68 Å². The molecule has 7 nitrogen and oxygen atoms in total. The minimum absolute atomic E-state index is 0.187. The van der Waals surface area contributed by atoms with Crippen LogP contribution in [0.2, 0.25) is 0 Å². The molecule has 5 aromatic rings. The van der Waals surface area contributed by atoms with Crippen LogP contribution in [0.4, 0.5) is 18.9 Å². The number of hydrogen-bond donors (Lipinski definition) is 3. The molecule has 5 rings (SSSR count). The zero-order valence-electron chi connectivity index (χ0n) is 21.8. The lowest BCUT2D eigenvalue weighted by atomic mass is 9.98. The van der Waals surface area contributed by atoms with Gasteiger partial charge < -0.3 is 16.4 Å². The number of carbonyl (C=O) groups excluding carboxylic acids is 1. The van der Waals surface area contributed by atoms with Crippen LogP contribution in [-0.2, 0) is 19.3 Å². The van der Waals surface area contributed by atoms with Gasteiger partial charge >= 0.3 is 6.18 Å². The highest BCUT2D eigenvalue weighted by Gasteiger charge is 2.36. The molecule has 0 spiro atoms. The van der Waals surface area contributed by atoms with E-state index in [1.165, 1.54) is 0 Å². The first kappa shape index (κ1) is 27.8. The van der Waals surface area contributed by atoms with E-state index in [2.05, 4.69) is 20.7 Å². The summed E-state index contributed by atoms with van der Waals surface area (Å²) in [6, 6.07) is 27.9. The molecule has 0 radical (unpaired) electrons. The van der Waals surface area contributed by atoms with Gasteiger partial charge in [0.25, 0.3) is 5.91 Å². The number of halogens is 3. The summed E-state index contributed by atoms with van der Waals surface area (Å²) < 4.78 is 41.8. The number of amides is 1. The Balaban J connectivity index is 1.45. The molecule has 0 aliphatic heterocycles. The second kappa shape index (κ2) is 12.2. The molecule has 0 aliphatic carbocycles. The standard InChI is InChI=1S/C31H27F3N6O/c32-31(33,34)28-17-27(40(39-28)26-13-4-7-21(15-26)18-35)30(41)38-25-12-5-11-24(16-25)29(23-9-2-1-3-10-23)37-20-22-8-6-14-36-19-22/h1-17,19,29,37H,18,20,35H2,(H,38,41). The van der Waals surface area contributed by atoms with Crippen LogP contribution < -0.4 is 16.4 Å². The number of benzene rings is 3. The molecule has 41 heavy (non-hydrogen) atoms. The summed E-state index contributed by atoms with van der Waals surface area (Å²) in [5.74, 6) is -0.733. The first-order valence-corrected chi connectivity index (χ1v) is 12.9. The number of nitrogens with one attached hydrogen (secondary N) is 2. The van der Waals surface area contributed by atoms with Crippen molar-refractivity contribution in [3.63, 3.8) is 0 Å². The lowest BCUT2D eigenvalue weighted by Crippen LogP contribution is -2.22. The average Bonchev–Trinajstić information content (AvgIpc) is 3.46. The van der Waals surface area contributed by atoms with Gasteiger partial charge in [0.15, 0.2) is 5.69 Å². The second-order valence-corrected chi connectivity index (χ2v) is 9.36. The molecule has 2 aromatic heterocycles. The van der Waals surface area contributed by atoms with Gasteiger partial charge in [0.05, 0.1) is 11.7 Å². The van der Waals surface area contributed by atoms with Crippen molar-refractivity contribution < 1.29 is 18.0 Å². The summed E-state index contributed by atoms with van der Waals surface area (Å²) >= 11 is 0. The quantitative estimate of drug-likeness (QED) is 0.211. The van der Waals surface area contributed by atoms with E-state index in [0.29, 0.717) is 23.5 Å². The Hall–Kier alpha value is -4.80. The molecule has 0 saturated carbocycles. The maximum Gasteiger partial charge on any atom is 0.435 e. The smallest absolute Gasteiger partial charge is 0.326 e. The van der Waals surface area contributed by atoms with Crippen LogP contribution in [0, 0.1) is 0 Å². The van der Waals surface area contributed by atoms with E-state index in [-0.39, 0.29) is 18.3 Å². The normalized spacial score (nSPS) is 12.2. The largest absolute Gasteiger partial charge is 0.435 e. The highest BCUT2D eigenvalue weighted by molar-refractivity contribution is 6.03. The molecule has 0 bridgehead atoms.